The molecule has 4 nitrogen and oxygen atoms in total. The van der Waals surface area contributed by atoms with Gasteiger partial charge >= 0.3 is 5.97 Å². The van der Waals surface area contributed by atoms with Gasteiger partial charge in [-0.2, -0.15) is 4.73 Å². The molecule has 4 heteroatoms. The quantitative estimate of drug-likeness (QED) is 0.611. The van der Waals surface area contributed by atoms with Gasteiger partial charge in [-0.15, -0.1) is 0 Å². The molecule has 0 bridgehead atoms. The minimum Gasteiger partial charge on any atom is -0.353 e. The zero-order valence-electron chi connectivity index (χ0n) is 12.0. The zero-order valence-corrected chi connectivity index (χ0v) is 12.0. The first-order chi connectivity index (χ1) is 10.7. The molecule has 2 heterocycles. The molecule has 0 aliphatic carbocycles. The highest BCUT2D eigenvalue weighted by molar-refractivity contribution is 5.90. The van der Waals surface area contributed by atoms with Crippen LogP contribution < -0.4 is 4.84 Å². The number of aromatic amines is 1. The van der Waals surface area contributed by atoms with Gasteiger partial charge in [0.25, 0.3) is 0 Å². The minimum absolute atomic E-state index is 0.348. The maximum Gasteiger partial charge on any atom is 0.329 e. The van der Waals surface area contributed by atoms with Crippen molar-refractivity contribution in [3.8, 4) is 11.4 Å². The molecule has 0 atom stereocenters. The standard InChI is InChI=1S/C18H14N2O2/c1-12(21)22-20-17-9-5-3-7-14(17)11-18(20)16-10-13-6-2-4-8-15(13)19-16/h2-11,19H,1H3. The number of carbonyl (C=O) groups is 1. The SMILES string of the molecule is CC(=O)On1c(-c2cc3ccccc3[nH]2)cc2ccccc21. The van der Waals surface area contributed by atoms with Crippen molar-refractivity contribution < 1.29 is 9.63 Å². The molecule has 2 aromatic heterocycles. The Morgan fingerprint density at radius 2 is 1.73 bits per heavy atom. The van der Waals surface area contributed by atoms with Crippen molar-refractivity contribution in [3.05, 3.63) is 60.7 Å². The zero-order chi connectivity index (χ0) is 15.1. The van der Waals surface area contributed by atoms with Crippen LogP contribution in [0.15, 0.2) is 60.7 Å². The number of nitrogens with zero attached hydrogens (tertiary/aromatic N) is 1. The average molecular weight is 290 g/mol. The Balaban J connectivity index is 1.98. The van der Waals surface area contributed by atoms with Gasteiger partial charge in [-0.25, -0.2) is 4.79 Å². The highest BCUT2D eigenvalue weighted by Crippen LogP contribution is 2.29. The smallest absolute Gasteiger partial charge is 0.329 e. The summed E-state index contributed by atoms with van der Waals surface area (Å²) in [7, 11) is 0. The van der Waals surface area contributed by atoms with E-state index in [9.17, 15) is 4.79 Å². The lowest BCUT2D eigenvalue weighted by atomic mass is 10.2. The molecule has 0 fully saturated rings. The third kappa shape index (κ3) is 1.97. The first-order valence-electron chi connectivity index (χ1n) is 7.10. The van der Waals surface area contributed by atoms with Crippen LogP contribution in [0.4, 0.5) is 0 Å². The Morgan fingerprint density at radius 1 is 1.00 bits per heavy atom. The molecule has 0 saturated heterocycles. The fraction of sp³-hybridized carbons (Fsp3) is 0.0556. The summed E-state index contributed by atoms with van der Waals surface area (Å²) < 4.78 is 1.59. The number of fused-ring (bicyclic) bond motifs is 2. The van der Waals surface area contributed by atoms with Crippen LogP contribution in [0.1, 0.15) is 6.92 Å². The summed E-state index contributed by atoms with van der Waals surface area (Å²) >= 11 is 0. The third-order valence-corrected chi connectivity index (χ3v) is 3.69. The van der Waals surface area contributed by atoms with Gasteiger partial charge in [0.15, 0.2) is 0 Å². The van der Waals surface area contributed by atoms with E-state index in [1.54, 1.807) is 4.73 Å². The van der Waals surface area contributed by atoms with Gasteiger partial charge in [-0.05, 0) is 24.3 Å². The predicted molar refractivity (Wildman–Crippen MR) is 86.5 cm³/mol. The number of aromatic nitrogens is 2. The van der Waals surface area contributed by atoms with Gasteiger partial charge in [-0.3, -0.25) is 0 Å². The second-order valence-corrected chi connectivity index (χ2v) is 5.24. The Morgan fingerprint density at radius 3 is 2.50 bits per heavy atom. The number of benzene rings is 2. The van der Waals surface area contributed by atoms with E-state index in [1.807, 2.05) is 54.6 Å². The van der Waals surface area contributed by atoms with E-state index in [0.717, 1.165) is 33.2 Å². The minimum atomic E-state index is -0.348. The molecule has 22 heavy (non-hydrogen) atoms. The summed E-state index contributed by atoms with van der Waals surface area (Å²) in [6.07, 6.45) is 0. The molecule has 0 aliphatic heterocycles. The Bertz CT molecular complexity index is 962. The number of H-pyrrole nitrogens is 1. The topological polar surface area (TPSA) is 47.0 Å². The molecule has 4 aromatic rings. The van der Waals surface area contributed by atoms with Crippen LogP contribution in [-0.4, -0.2) is 15.7 Å². The third-order valence-electron chi connectivity index (χ3n) is 3.69. The lowest BCUT2D eigenvalue weighted by molar-refractivity contribution is -0.140. The molecule has 0 radical (unpaired) electrons. The van der Waals surface area contributed by atoms with Gasteiger partial charge in [0, 0.05) is 23.2 Å². The number of hydrogen-bond donors (Lipinski definition) is 1. The summed E-state index contributed by atoms with van der Waals surface area (Å²) in [5.74, 6) is -0.348. The number of hydrogen-bond acceptors (Lipinski definition) is 2. The predicted octanol–water partition coefficient (Wildman–Crippen LogP) is 3.76. The fourth-order valence-electron chi connectivity index (χ4n) is 2.76. The Kier molecular flexibility index (Phi) is 2.76. The van der Waals surface area contributed by atoms with Crippen LogP contribution >= 0.6 is 0 Å². The van der Waals surface area contributed by atoms with Crippen LogP contribution in [-0.2, 0) is 4.79 Å². The van der Waals surface area contributed by atoms with Crippen molar-refractivity contribution >= 4 is 27.8 Å². The summed E-state index contributed by atoms with van der Waals surface area (Å²) in [5, 5.41) is 2.15. The number of para-hydroxylation sites is 2. The highest BCUT2D eigenvalue weighted by atomic mass is 16.7. The molecule has 2 aromatic carbocycles. The van der Waals surface area contributed by atoms with E-state index < -0.39 is 0 Å². The number of rotatable bonds is 2. The maximum absolute atomic E-state index is 11.5. The van der Waals surface area contributed by atoms with Crippen molar-refractivity contribution in [2.45, 2.75) is 6.92 Å². The molecular weight excluding hydrogens is 276 g/mol. The Labute approximate surface area is 126 Å². The summed E-state index contributed by atoms with van der Waals surface area (Å²) in [6.45, 7) is 1.41. The largest absolute Gasteiger partial charge is 0.353 e. The van der Waals surface area contributed by atoms with Gasteiger partial charge in [0.1, 0.15) is 5.69 Å². The van der Waals surface area contributed by atoms with E-state index in [1.165, 1.54) is 6.92 Å². The van der Waals surface area contributed by atoms with Crippen molar-refractivity contribution in [1.29, 1.82) is 0 Å². The van der Waals surface area contributed by atoms with Crippen molar-refractivity contribution in [1.82, 2.24) is 9.71 Å². The van der Waals surface area contributed by atoms with E-state index in [0.29, 0.717) is 0 Å². The monoisotopic (exact) mass is 290 g/mol. The normalized spacial score (nSPS) is 11.1. The van der Waals surface area contributed by atoms with Gasteiger partial charge in [0.2, 0.25) is 0 Å². The van der Waals surface area contributed by atoms with E-state index in [2.05, 4.69) is 11.1 Å². The summed E-state index contributed by atoms with van der Waals surface area (Å²) in [4.78, 5) is 20.2. The second-order valence-electron chi connectivity index (χ2n) is 5.24. The van der Waals surface area contributed by atoms with Crippen molar-refractivity contribution in [3.63, 3.8) is 0 Å². The molecule has 0 spiro atoms. The average Bonchev–Trinajstić information content (AvgIpc) is 3.08. The van der Waals surface area contributed by atoms with Crippen LogP contribution in [0.3, 0.4) is 0 Å². The van der Waals surface area contributed by atoms with Crippen LogP contribution in [0.25, 0.3) is 33.2 Å². The summed E-state index contributed by atoms with van der Waals surface area (Å²) in [6, 6.07) is 20.0. The van der Waals surface area contributed by atoms with Gasteiger partial charge in [0.05, 0.1) is 11.2 Å². The molecule has 108 valence electrons. The molecule has 1 N–H and O–H groups in total. The van der Waals surface area contributed by atoms with E-state index in [4.69, 9.17) is 4.84 Å². The van der Waals surface area contributed by atoms with Crippen molar-refractivity contribution in [2.24, 2.45) is 0 Å². The van der Waals surface area contributed by atoms with Crippen molar-refractivity contribution in [2.75, 3.05) is 0 Å². The Hall–Kier alpha value is -3.01. The highest BCUT2D eigenvalue weighted by Gasteiger charge is 2.14. The molecule has 4 rings (SSSR count). The number of carbonyl (C=O) groups excluding carboxylic acids is 1. The first kappa shape index (κ1) is 12.7. The molecule has 0 aliphatic rings. The lowest BCUT2D eigenvalue weighted by Crippen LogP contribution is -2.17. The molecule has 0 saturated carbocycles. The molecule has 0 amide bonds. The van der Waals surface area contributed by atoms with Crippen LogP contribution in [0.2, 0.25) is 0 Å². The summed E-state index contributed by atoms with van der Waals surface area (Å²) in [5.41, 5.74) is 3.66. The van der Waals surface area contributed by atoms with Crippen LogP contribution in [0.5, 0.6) is 0 Å². The molecule has 0 unspecified atom stereocenters. The molecular formula is C18H14N2O2. The first-order valence-corrected chi connectivity index (χ1v) is 7.10. The maximum atomic E-state index is 11.5. The van der Waals surface area contributed by atoms with Gasteiger partial charge in [-0.1, -0.05) is 36.4 Å². The van der Waals surface area contributed by atoms with Gasteiger partial charge < -0.3 is 9.82 Å². The van der Waals surface area contributed by atoms with E-state index >= 15 is 0 Å². The number of nitrogens with one attached hydrogen (secondary N) is 1. The van der Waals surface area contributed by atoms with Crippen LogP contribution in [0, 0.1) is 0 Å². The fourth-order valence-corrected chi connectivity index (χ4v) is 2.76. The second kappa shape index (κ2) is 4.77. The van der Waals surface area contributed by atoms with E-state index in [-0.39, 0.29) is 5.97 Å². The lowest BCUT2D eigenvalue weighted by Gasteiger charge is -2.07.